The van der Waals surface area contributed by atoms with Crippen molar-refractivity contribution in [2.75, 3.05) is 12.3 Å². The first-order valence-electron chi connectivity index (χ1n) is 7.73. The highest BCUT2D eigenvalue weighted by molar-refractivity contribution is 7.98. The Morgan fingerprint density at radius 1 is 1.36 bits per heavy atom. The van der Waals surface area contributed by atoms with Crippen molar-refractivity contribution in [1.29, 1.82) is 0 Å². The number of thioether (sulfide) groups is 1. The van der Waals surface area contributed by atoms with Gasteiger partial charge >= 0.3 is 0 Å². The first-order valence-corrected chi connectivity index (χ1v) is 8.89. The summed E-state index contributed by atoms with van der Waals surface area (Å²) < 4.78 is 0. The first kappa shape index (κ1) is 15.2. The molecule has 0 aliphatic heterocycles. The van der Waals surface area contributed by atoms with Gasteiger partial charge in [0.25, 0.3) is 0 Å². The van der Waals surface area contributed by atoms with Crippen molar-refractivity contribution in [2.24, 2.45) is 5.92 Å². The van der Waals surface area contributed by atoms with Crippen LogP contribution in [0.4, 0.5) is 0 Å². The molecule has 1 aliphatic rings. The molecule has 0 saturated heterocycles. The molecule has 0 bridgehead atoms. The van der Waals surface area contributed by atoms with Crippen molar-refractivity contribution >= 4 is 17.7 Å². The van der Waals surface area contributed by atoms with E-state index in [-0.39, 0.29) is 11.8 Å². The number of benzene rings is 1. The molecular formula is C17H21N3OS. The molecule has 2 aromatic rings. The predicted octanol–water partition coefficient (Wildman–Crippen LogP) is 2.56. The second kappa shape index (κ2) is 7.49. The Morgan fingerprint density at radius 3 is 3.09 bits per heavy atom. The Bertz CT molecular complexity index is 611. The average molecular weight is 315 g/mol. The van der Waals surface area contributed by atoms with Gasteiger partial charge in [-0.2, -0.15) is 16.9 Å². The van der Waals surface area contributed by atoms with Gasteiger partial charge < -0.3 is 5.32 Å². The Labute approximate surface area is 135 Å². The van der Waals surface area contributed by atoms with Gasteiger partial charge in [0.15, 0.2) is 0 Å². The summed E-state index contributed by atoms with van der Waals surface area (Å²) in [5.41, 5.74) is 3.73. The molecule has 0 unspecified atom stereocenters. The number of aromatic amines is 1. The molecule has 0 radical (unpaired) electrons. The standard InChI is InChI=1S/C17H21N3OS/c21-17(14-6-7-15-11-19-20-16(15)10-14)18-8-9-22-12-13-4-2-1-3-5-13/h1-5,11,14H,6-10,12H2,(H,18,21)(H,19,20)/t14-/m1/s1. The van der Waals surface area contributed by atoms with E-state index < -0.39 is 0 Å². The van der Waals surface area contributed by atoms with E-state index in [4.69, 9.17) is 0 Å². The van der Waals surface area contributed by atoms with Crippen LogP contribution < -0.4 is 5.32 Å². The summed E-state index contributed by atoms with van der Waals surface area (Å²) in [6.07, 6.45) is 4.55. The number of carbonyl (C=O) groups excluding carboxylic acids is 1. The number of H-pyrrole nitrogens is 1. The number of amides is 1. The van der Waals surface area contributed by atoms with E-state index in [2.05, 4.69) is 39.8 Å². The molecule has 5 heteroatoms. The van der Waals surface area contributed by atoms with Gasteiger partial charge in [0, 0.05) is 36.1 Å². The highest BCUT2D eigenvalue weighted by Crippen LogP contribution is 2.23. The topological polar surface area (TPSA) is 57.8 Å². The van der Waals surface area contributed by atoms with Crippen LogP contribution in [0.1, 0.15) is 23.2 Å². The third-order valence-electron chi connectivity index (χ3n) is 4.05. The maximum absolute atomic E-state index is 12.2. The number of nitrogens with zero attached hydrogens (tertiary/aromatic N) is 1. The lowest BCUT2D eigenvalue weighted by Gasteiger charge is -2.20. The number of fused-ring (bicyclic) bond motifs is 1. The molecule has 116 valence electrons. The largest absolute Gasteiger partial charge is 0.355 e. The van der Waals surface area contributed by atoms with E-state index in [0.29, 0.717) is 0 Å². The van der Waals surface area contributed by atoms with Crippen molar-refractivity contribution in [3.8, 4) is 0 Å². The van der Waals surface area contributed by atoms with E-state index in [1.807, 2.05) is 24.0 Å². The molecule has 22 heavy (non-hydrogen) atoms. The zero-order valence-electron chi connectivity index (χ0n) is 12.5. The second-order valence-corrected chi connectivity index (χ2v) is 6.75. The molecule has 4 nitrogen and oxygen atoms in total. The highest BCUT2D eigenvalue weighted by atomic mass is 32.2. The van der Waals surface area contributed by atoms with Crippen molar-refractivity contribution < 1.29 is 4.79 Å². The van der Waals surface area contributed by atoms with Crippen molar-refractivity contribution in [3.63, 3.8) is 0 Å². The Balaban J connectivity index is 1.35. The van der Waals surface area contributed by atoms with Gasteiger partial charge in [0.2, 0.25) is 5.91 Å². The Morgan fingerprint density at radius 2 is 2.23 bits per heavy atom. The molecule has 1 heterocycles. The van der Waals surface area contributed by atoms with Crippen LogP contribution >= 0.6 is 11.8 Å². The van der Waals surface area contributed by atoms with E-state index in [1.165, 1.54) is 11.1 Å². The van der Waals surface area contributed by atoms with Gasteiger partial charge in [0.1, 0.15) is 0 Å². The van der Waals surface area contributed by atoms with Crippen LogP contribution in [-0.4, -0.2) is 28.4 Å². The van der Waals surface area contributed by atoms with E-state index in [1.54, 1.807) is 0 Å². The lowest BCUT2D eigenvalue weighted by atomic mass is 9.87. The SMILES string of the molecule is O=C(NCCSCc1ccccc1)[C@@H]1CCc2cn[nH]c2C1. The van der Waals surface area contributed by atoms with Gasteiger partial charge in [-0.15, -0.1) is 0 Å². The fourth-order valence-corrected chi connectivity index (χ4v) is 3.61. The summed E-state index contributed by atoms with van der Waals surface area (Å²) in [6.45, 7) is 0.739. The molecule has 0 fully saturated rings. The number of hydrogen-bond acceptors (Lipinski definition) is 3. The summed E-state index contributed by atoms with van der Waals surface area (Å²) in [6, 6.07) is 10.4. The van der Waals surface area contributed by atoms with Crippen LogP contribution in [0, 0.1) is 5.92 Å². The minimum absolute atomic E-state index is 0.0899. The monoisotopic (exact) mass is 315 g/mol. The molecule has 1 aliphatic carbocycles. The highest BCUT2D eigenvalue weighted by Gasteiger charge is 2.25. The van der Waals surface area contributed by atoms with Crippen molar-refractivity contribution in [2.45, 2.75) is 25.0 Å². The molecule has 1 amide bonds. The summed E-state index contributed by atoms with van der Waals surface area (Å²) in [7, 11) is 0. The summed E-state index contributed by atoms with van der Waals surface area (Å²) in [5, 5.41) is 10.1. The first-order chi connectivity index (χ1) is 10.8. The van der Waals surface area contributed by atoms with E-state index in [9.17, 15) is 4.79 Å². The number of carbonyl (C=O) groups is 1. The molecule has 1 atom stereocenters. The third-order valence-corrected chi connectivity index (χ3v) is 5.08. The zero-order valence-corrected chi connectivity index (χ0v) is 13.4. The van der Waals surface area contributed by atoms with Crippen molar-refractivity contribution in [3.05, 3.63) is 53.3 Å². The number of rotatable bonds is 6. The van der Waals surface area contributed by atoms with Gasteiger partial charge in [0.05, 0.1) is 6.20 Å². The Hall–Kier alpha value is -1.75. The molecule has 1 aromatic heterocycles. The molecular weight excluding hydrogens is 294 g/mol. The molecule has 0 saturated carbocycles. The molecule has 3 rings (SSSR count). The minimum Gasteiger partial charge on any atom is -0.355 e. The van der Waals surface area contributed by atoms with Crippen LogP contribution in [0.3, 0.4) is 0 Å². The molecule has 0 spiro atoms. The zero-order chi connectivity index (χ0) is 15.2. The van der Waals surface area contributed by atoms with Gasteiger partial charge in [-0.05, 0) is 24.0 Å². The summed E-state index contributed by atoms with van der Waals surface area (Å²) in [4.78, 5) is 12.2. The summed E-state index contributed by atoms with van der Waals surface area (Å²) in [5.74, 6) is 2.22. The van der Waals surface area contributed by atoms with E-state index in [0.717, 1.165) is 43.0 Å². The second-order valence-electron chi connectivity index (χ2n) is 5.64. The quantitative estimate of drug-likeness (QED) is 0.806. The number of nitrogens with one attached hydrogen (secondary N) is 2. The van der Waals surface area contributed by atoms with Crippen LogP contribution in [-0.2, 0) is 23.4 Å². The van der Waals surface area contributed by atoms with Crippen LogP contribution in [0.5, 0.6) is 0 Å². The maximum Gasteiger partial charge on any atom is 0.223 e. The lowest BCUT2D eigenvalue weighted by Crippen LogP contribution is -2.35. The fraction of sp³-hybridized carbons (Fsp3) is 0.412. The number of aryl methyl sites for hydroxylation is 1. The maximum atomic E-state index is 12.2. The van der Waals surface area contributed by atoms with Gasteiger partial charge in [-0.25, -0.2) is 0 Å². The summed E-state index contributed by atoms with van der Waals surface area (Å²) >= 11 is 1.85. The smallest absolute Gasteiger partial charge is 0.223 e. The third kappa shape index (κ3) is 3.91. The molecule has 1 aromatic carbocycles. The minimum atomic E-state index is 0.0899. The normalized spacial score (nSPS) is 17.0. The van der Waals surface area contributed by atoms with Crippen molar-refractivity contribution in [1.82, 2.24) is 15.5 Å². The fourth-order valence-electron chi connectivity index (χ4n) is 2.79. The van der Waals surface area contributed by atoms with Crippen LogP contribution in [0.25, 0.3) is 0 Å². The van der Waals surface area contributed by atoms with Gasteiger partial charge in [-0.1, -0.05) is 30.3 Å². The lowest BCUT2D eigenvalue weighted by molar-refractivity contribution is -0.125. The van der Waals surface area contributed by atoms with Gasteiger partial charge in [-0.3, -0.25) is 9.89 Å². The Kier molecular flexibility index (Phi) is 5.16. The average Bonchev–Trinajstić information content (AvgIpc) is 3.03. The van der Waals surface area contributed by atoms with Crippen LogP contribution in [0.2, 0.25) is 0 Å². The van der Waals surface area contributed by atoms with Crippen LogP contribution in [0.15, 0.2) is 36.5 Å². The number of hydrogen-bond donors (Lipinski definition) is 2. The predicted molar refractivity (Wildman–Crippen MR) is 89.7 cm³/mol. The van der Waals surface area contributed by atoms with E-state index >= 15 is 0 Å². The number of aromatic nitrogens is 2. The molecule has 2 N–H and O–H groups in total.